The van der Waals surface area contributed by atoms with Crippen LogP contribution >= 0.6 is 11.3 Å². The molecule has 0 spiro atoms. The molecule has 0 radical (unpaired) electrons. The molecule has 4 heterocycles. The highest BCUT2D eigenvalue weighted by atomic mass is 32.2. The predicted octanol–water partition coefficient (Wildman–Crippen LogP) is 5.83. The van der Waals surface area contributed by atoms with Gasteiger partial charge in [-0.3, -0.25) is 4.79 Å². The van der Waals surface area contributed by atoms with Crippen LogP contribution in [0.4, 0.5) is 20.8 Å². The second kappa shape index (κ2) is 14.4. The summed E-state index contributed by atoms with van der Waals surface area (Å²) in [4.78, 5) is 43.5. The molecule has 0 saturated carbocycles. The summed E-state index contributed by atoms with van der Waals surface area (Å²) >= 11 is 1.45. The molecule has 0 aliphatic carbocycles. The minimum atomic E-state index is -1.41. The maximum Gasteiger partial charge on any atom is 0.410 e. The Labute approximate surface area is 275 Å². The summed E-state index contributed by atoms with van der Waals surface area (Å²) in [6, 6.07) is 6.66. The Bertz CT molecular complexity index is 1580. The molecule has 2 aliphatic heterocycles. The van der Waals surface area contributed by atoms with E-state index in [1.54, 1.807) is 35.4 Å². The number of nitrogen functional groups attached to an aromatic ring is 1. The number of amides is 2. The van der Waals surface area contributed by atoms with Crippen LogP contribution in [0.5, 0.6) is 0 Å². The lowest BCUT2D eigenvalue weighted by Crippen LogP contribution is -2.47. The first-order chi connectivity index (χ1) is 21.9. The number of thiazole rings is 1. The van der Waals surface area contributed by atoms with E-state index >= 15 is 4.39 Å². The van der Waals surface area contributed by atoms with Gasteiger partial charge in [-0.15, -0.1) is 11.3 Å². The second-order valence-corrected chi connectivity index (χ2v) is 15.0. The van der Waals surface area contributed by atoms with Crippen molar-refractivity contribution in [1.29, 1.82) is 0 Å². The fourth-order valence-corrected chi connectivity index (χ4v) is 7.86. The third-order valence-corrected chi connectivity index (χ3v) is 10.5. The molecule has 11 nitrogen and oxygen atoms in total. The summed E-state index contributed by atoms with van der Waals surface area (Å²) in [6.45, 7) is 9.64. The molecular weight excluding hydrogens is 630 g/mol. The first-order valence-corrected chi connectivity index (χ1v) is 17.9. The van der Waals surface area contributed by atoms with Crippen LogP contribution in [0, 0.1) is 11.7 Å². The first kappa shape index (κ1) is 33.7. The Hall–Kier alpha value is -3.65. The number of hydrogen-bond donors (Lipinski definition) is 2. The highest BCUT2D eigenvalue weighted by molar-refractivity contribution is 7.86. The molecule has 14 heteroatoms. The first-order valence-electron chi connectivity index (χ1n) is 15.7. The Balaban J connectivity index is 1.30. The van der Waals surface area contributed by atoms with Crippen LogP contribution in [0.2, 0.25) is 0 Å². The average Bonchev–Trinajstić information content (AvgIpc) is 3.46. The summed E-state index contributed by atoms with van der Waals surface area (Å²) in [7, 11) is -1.41. The third-order valence-electron chi connectivity index (χ3n) is 8.07. The van der Waals surface area contributed by atoms with Crippen molar-refractivity contribution < 1.29 is 22.9 Å². The van der Waals surface area contributed by atoms with E-state index in [1.807, 2.05) is 32.6 Å². The van der Waals surface area contributed by atoms with E-state index in [0.717, 1.165) is 17.8 Å². The number of ether oxygens (including phenoxy) is 1. The number of carbonyl (C=O) groups is 2. The molecule has 2 saturated heterocycles. The molecular formula is C32H42FN7O4S2. The number of aromatic nitrogens is 3. The topological polar surface area (TPSA) is 144 Å². The molecule has 2 amide bonds. The van der Waals surface area contributed by atoms with Crippen molar-refractivity contribution in [2.45, 2.75) is 71.3 Å². The zero-order chi connectivity index (χ0) is 33.0. The minimum absolute atomic E-state index is 0.0798. The van der Waals surface area contributed by atoms with Crippen LogP contribution in [0.25, 0.3) is 21.8 Å². The maximum atomic E-state index is 15.9. The molecule has 0 bridgehead atoms. The molecule has 3 N–H and O–H groups in total. The van der Waals surface area contributed by atoms with E-state index in [-0.39, 0.29) is 41.0 Å². The fraction of sp³-hybridized carbons (Fsp3) is 0.531. The molecule has 46 heavy (non-hydrogen) atoms. The van der Waals surface area contributed by atoms with Gasteiger partial charge in [-0.05, 0) is 71.1 Å². The molecule has 1 atom stereocenters. The summed E-state index contributed by atoms with van der Waals surface area (Å²) in [5.41, 5.74) is 6.76. The van der Waals surface area contributed by atoms with Crippen LogP contribution in [0.1, 0.15) is 70.7 Å². The molecule has 1 unspecified atom stereocenters. The SMILES string of the molecule is CCCS(=O)Nc1cccc(-c2nc(C3CCN(C(=O)C4CCN(C(=O)OC(C)(C)C)CC4)CC3)sc2-c2ccnc(N)n2)c1F. The normalized spacial score (nSPS) is 17.2. The number of hydrogen-bond acceptors (Lipinski definition) is 9. The Morgan fingerprint density at radius 1 is 1.09 bits per heavy atom. The molecule has 5 rings (SSSR count). The van der Waals surface area contributed by atoms with E-state index in [1.165, 1.54) is 11.3 Å². The number of nitrogens with two attached hydrogens (primary N) is 1. The summed E-state index contributed by atoms with van der Waals surface area (Å²) in [5, 5.41) is 0.840. The lowest BCUT2D eigenvalue weighted by Gasteiger charge is -2.37. The summed E-state index contributed by atoms with van der Waals surface area (Å²) in [6.07, 6.45) is 4.61. The Morgan fingerprint density at radius 3 is 2.43 bits per heavy atom. The van der Waals surface area contributed by atoms with Gasteiger partial charge >= 0.3 is 6.09 Å². The lowest BCUT2D eigenvalue weighted by atomic mass is 9.92. The minimum Gasteiger partial charge on any atom is -0.444 e. The number of halogens is 1. The van der Waals surface area contributed by atoms with Gasteiger partial charge in [0.05, 0.1) is 27.0 Å². The number of anilines is 2. The number of likely N-dealkylation sites (tertiary alicyclic amines) is 2. The van der Waals surface area contributed by atoms with E-state index in [2.05, 4.69) is 14.7 Å². The van der Waals surface area contributed by atoms with Gasteiger partial charge in [-0.25, -0.2) is 28.3 Å². The monoisotopic (exact) mass is 671 g/mol. The number of benzene rings is 1. The predicted molar refractivity (Wildman–Crippen MR) is 179 cm³/mol. The van der Waals surface area contributed by atoms with Crippen LogP contribution < -0.4 is 10.5 Å². The van der Waals surface area contributed by atoms with Crippen LogP contribution in [0.3, 0.4) is 0 Å². The molecule has 3 aromatic rings. The fourth-order valence-electron chi connectivity index (χ4n) is 5.76. The zero-order valence-electron chi connectivity index (χ0n) is 26.8. The quantitative estimate of drug-likeness (QED) is 0.305. The highest BCUT2D eigenvalue weighted by Gasteiger charge is 2.34. The van der Waals surface area contributed by atoms with Gasteiger partial charge in [0.25, 0.3) is 0 Å². The van der Waals surface area contributed by atoms with Crippen LogP contribution in [-0.2, 0) is 20.5 Å². The number of nitrogens with zero attached hydrogens (tertiary/aromatic N) is 5. The van der Waals surface area contributed by atoms with Crippen LogP contribution in [0.15, 0.2) is 30.5 Å². The van der Waals surface area contributed by atoms with Crippen molar-refractivity contribution >= 4 is 46.0 Å². The van der Waals surface area contributed by atoms with Gasteiger partial charge in [-0.2, -0.15) is 0 Å². The van der Waals surface area contributed by atoms with Gasteiger partial charge < -0.3 is 25.0 Å². The van der Waals surface area contributed by atoms with Gasteiger partial charge in [0, 0.05) is 55.5 Å². The number of rotatable bonds is 8. The summed E-state index contributed by atoms with van der Waals surface area (Å²) in [5.74, 6) is 0.0650. The van der Waals surface area contributed by atoms with Crippen molar-refractivity contribution in [1.82, 2.24) is 24.8 Å². The zero-order valence-corrected chi connectivity index (χ0v) is 28.4. The third kappa shape index (κ3) is 8.00. The molecule has 2 fully saturated rings. The van der Waals surface area contributed by atoms with Gasteiger partial charge in [0.1, 0.15) is 16.6 Å². The van der Waals surface area contributed by atoms with Crippen molar-refractivity contribution in [3.63, 3.8) is 0 Å². The Kier molecular flexibility index (Phi) is 10.6. The average molecular weight is 672 g/mol. The van der Waals surface area contributed by atoms with Crippen molar-refractivity contribution in [3.05, 3.63) is 41.3 Å². The van der Waals surface area contributed by atoms with Crippen molar-refractivity contribution in [3.8, 4) is 21.8 Å². The van der Waals surface area contributed by atoms with Crippen molar-refractivity contribution in [2.24, 2.45) is 5.92 Å². The molecule has 248 valence electrons. The molecule has 2 aromatic heterocycles. The maximum absolute atomic E-state index is 15.9. The summed E-state index contributed by atoms with van der Waals surface area (Å²) < 4.78 is 36.5. The van der Waals surface area contributed by atoms with E-state index in [4.69, 9.17) is 15.5 Å². The number of piperidine rings is 2. The molecule has 1 aromatic carbocycles. The standard InChI is InChI=1S/C32H42FN7O4S2/c1-5-19-46(43)38-23-8-6-7-22(25(23)33)26-27(24-9-14-35-30(34)36-24)45-28(37-26)20-10-15-39(16-11-20)29(41)21-12-17-40(18-13-21)31(42)44-32(2,3)4/h6-9,14,20-21,38H,5,10-13,15-19H2,1-4H3,(H2,34,35,36). The van der Waals surface area contributed by atoms with Crippen LogP contribution in [-0.4, -0.2) is 78.5 Å². The van der Waals surface area contributed by atoms with Gasteiger partial charge in [-0.1, -0.05) is 13.0 Å². The van der Waals surface area contributed by atoms with Gasteiger partial charge in [0.15, 0.2) is 5.82 Å². The van der Waals surface area contributed by atoms with E-state index in [0.29, 0.717) is 67.5 Å². The number of nitrogens with one attached hydrogen (secondary N) is 1. The smallest absolute Gasteiger partial charge is 0.410 e. The van der Waals surface area contributed by atoms with E-state index in [9.17, 15) is 13.8 Å². The Morgan fingerprint density at radius 2 is 1.78 bits per heavy atom. The highest BCUT2D eigenvalue weighted by Crippen LogP contribution is 2.43. The van der Waals surface area contributed by atoms with Gasteiger partial charge in [0.2, 0.25) is 11.9 Å². The lowest BCUT2D eigenvalue weighted by molar-refractivity contribution is -0.138. The van der Waals surface area contributed by atoms with Crippen molar-refractivity contribution in [2.75, 3.05) is 42.4 Å². The largest absolute Gasteiger partial charge is 0.444 e. The second-order valence-electron chi connectivity index (χ2n) is 12.7. The number of carbonyl (C=O) groups excluding carboxylic acids is 2. The van der Waals surface area contributed by atoms with E-state index < -0.39 is 22.4 Å². The molecule has 2 aliphatic rings.